The maximum atomic E-state index is 12.1. The van der Waals surface area contributed by atoms with Crippen LogP contribution in [0.15, 0.2) is 18.5 Å². The van der Waals surface area contributed by atoms with Gasteiger partial charge < -0.3 is 10.2 Å². The minimum atomic E-state index is 0.185. The van der Waals surface area contributed by atoms with Gasteiger partial charge in [-0.25, -0.2) is 0 Å². The number of hydrogen-bond acceptors (Lipinski definition) is 3. The van der Waals surface area contributed by atoms with E-state index < -0.39 is 0 Å². The number of likely N-dealkylation sites (tertiary alicyclic amines) is 1. The molecule has 0 radical (unpaired) electrons. The summed E-state index contributed by atoms with van der Waals surface area (Å²) in [4.78, 5) is 14.1. The molecule has 5 heteroatoms. The van der Waals surface area contributed by atoms with Crippen LogP contribution in [0.3, 0.4) is 0 Å². The topological polar surface area (TPSA) is 50.2 Å². The van der Waals surface area contributed by atoms with Crippen molar-refractivity contribution in [1.29, 1.82) is 0 Å². The molecule has 2 fully saturated rings. The van der Waals surface area contributed by atoms with Crippen molar-refractivity contribution in [3.05, 3.63) is 18.5 Å². The fraction of sp³-hybridized carbons (Fsp3) is 0.667. The van der Waals surface area contributed by atoms with E-state index in [1.54, 1.807) is 10.9 Å². The smallest absolute Gasteiger partial charge is 0.244 e. The van der Waals surface area contributed by atoms with Gasteiger partial charge in [-0.3, -0.25) is 9.48 Å². The molecule has 0 spiro atoms. The summed E-state index contributed by atoms with van der Waals surface area (Å²) in [7, 11) is 0. The van der Waals surface area contributed by atoms with Crippen LogP contribution < -0.4 is 5.32 Å². The number of carbonyl (C=O) groups is 1. The Labute approximate surface area is 101 Å². The van der Waals surface area contributed by atoms with Gasteiger partial charge in [-0.15, -0.1) is 0 Å². The Morgan fingerprint density at radius 2 is 2.41 bits per heavy atom. The number of aromatic nitrogens is 2. The molecule has 0 aromatic carbocycles. The molecule has 1 N–H and O–H groups in total. The summed E-state index contributed by atoms with van der Waals surface area (Å²) in [5.41, 5.74) is 0. The zero-order chi connectivity index (χ0) is 11.7. The molecule has 2 saturated heterocycles. The van der Waals surface area contributed by atoms with E-state index in [4.69, 9.17) is 0 Å². The van der Waals surface area contributed by atoms with E-state index in [2.05, 4.69) is 10.4 Å². The van der Waals surface area contributed by atoms with Gasteiger partial charge in [-0.1, -0.05) is 0 Å². The highest BCUT2D eigenvalue weighted by molar-refractivity contribution is 5.76. The van der Waals surface area contributed by atoms with Gasteiger partial charge in [-0.2, -0.15) is 5.10 Å². The van der Waals surface area contributed by atoms with E-state index in [0.29, 0.717) is 18.5 Å². The monoisotopic (exact) mass is 234 g/mol. The molecular formula is C12H18N4O. The second-order valence-electron chi connectivity index (χ2n) is 4.97. The molecule has 1 amide bonds. The Hall–Kier alpha value is -1.36. The highest BCUT2D eigenvalue weighted by Gasteiger charge is 2.36. The standard InChI is InChI=1S/C12H18N4O/c17-12(9-16-6-2-5-14-16)15-7-10-3-1-4-13-11(10)8-15/h2,5-6,10-11,13H,1,3-4,7-9H2. The van der Waals surface area contributed by atoms with E-state index in [1.165, 1.54) is 12.8 Å². The first-order valence-electron chi connectivity index (χ1n) is 6.31. The van der Waals surface area contributed by atoms with Crippen molar-refractivity contribution in [1.82, 2.24) is 20.0 Å². The molecule has 2 aliphatic rings. The van der Waals surface area contributed by atoms with Gasteiger partial charge in [0.2, 0.25) is 5.91 Å². The van der Waals surface area contributed by atoms with Gasteiger partial charge in [0.05, 0.1) is 0 Å². The molecule has 3 rings (SSSR count). The lowest BCUT2D eigenvalue weighted by Crippen LogP contribution is -2.41. The molecule has 17 heavy (non-hydrogen) atoms. The van der Waals surface area contributed by atoms with Crippen molar-refractivity contribution in [2.45, 2.75) is 25.4 Å². The molecule has 3 heterocycles. The minimum absolute atomic E-state index is 0.185. The summed E-state index contributed by atoms with van der Waals surface area (Å²) >= 11 is 0. The molecule has 92 valence electrons. The van der Waals surface area contributed by atoms with Crippen LogP contribution in [0, 0.1) is 5.92 Å². The normalized spacial score (nSPS) is 28.1. The molecule has 0 saturated carbocycles. The average molecular weight is 234 g/mol. The van der Waals surface area contributed by atoms with E-state index >= 15 is 0 Å². The van der Waals surface area contributed by atoms with Gasteiger partial charge in [0, 0.05) is 31.5 Å². The molecule has 1 aromatic heterocycles. The first kappa shape index (κ1) is 10.8. The third-order valence-corrected chi connectivity index (χ3v) is 3.81. The number of carbonyl (C=O) groups excluding carboxylic acids is 1. The van der Waals surface area contributed by atoms with E-state index in [0.717, 1.165) is 19.6 Å². The number of nitrogens with zero attached hydrogens (tertiary/aromatic N) is 3. The number of amides is 1. The van der Waals surface area contributed by atoms with Crippen LogP contribution >= 0.6 is 0 Å². The maximum absolute atomic E-state index is 12.1. The Morgan fingerprint density at radius 3 is 3.18 bits per heavy atom. The maximum Gasteiger partial charge on any atom is 0.244 e. The first-order chi connectivity index (χ1) is 8.33. The molecule has 2 unspecified atom stereocenters. The van der Waals surface area contributed by atoms with Crippen LogP contribution in [0.4, 0.5) is 0 Å². The SMILES string of the molecule is O=C(Cn1cccn1)N1CC2CCCNC2C1. The molecule has 2 atom stereocenters. The van der Waals surface area contributed by atoms with Gasteiger partial charge in [0.25, 0.3) is 0 Å². The fourth-order valence-corrected chi connectivity index (χ4v) is 2.88. The van der Waals surface area contributed by atoms with Crippen molar-refractivity contribution in [3.8, 4) is 0 Å². The Balaban J connectivity index is 1.60. The van der Waals surface area contributed by atoms with Gasteiger partial charge in [0.1, 0.15) is 6.54 Å². The van der Waals surface area contributed by atoms with Crippen molar-refractivity contribution in [3.63, 3.8) is 0 Å². The predicted octanol–water partition coefficient (Wildman–Crippen LogP) is 0.0935. The van der Waals surface area contributed by atoms with Crippen LogP contribution in [0.5, 0.6) is 0 Å². The van der Waals surface area contributed by atoms with E-state index in [9.17, 15) is 4.79 Å². The largest absolute Gasteiger partial charge is 0.339 e. The Kier molecular flexibility index (Phi) is 2.84. The van der Waals surface area contributed by atoms with Crippen LogP contribution in [0.1, 0.15) is 12.8 Å². The average Bonchev–Trinajstić information content (AvgIpc) is 2.96. The fourth-order valence-electron chi connectivity index (χ4n) is 2.88. The first-order valence-corrected chi connectivity index (χ1v) is 6.31. The van der Waals surface area contributed by atoms with Gasteiger partial charge >= 0.3 is 0 Å². The molecule has 0 aliphatic carbocycles. The number of rotatable bonds is 2. The highest BCUT2D eigenvalue weighted by Crippen LogP contribution is 2.24. The molecule has 2 aliphatic heterocycles. The Bertz CT molecular complexity index is 375. The number of piperidine rings is 1. The minimum Gasteiger partial charge on any atom is -0.339 e. The van der Waals surface area contributed by atoms with Crippen molar-refractivity contribution >= 4 is 5.91 Å². The second kappa shape index (κ2) is 4.49. The summed E-state index contributed by atoms with van der Waals surface area (Å²) < 4.78 is 1.69. The number of nitrogens with one attached hydrogen (secondary N) is 1. The van der Waals surface area contributed by atoms with Crippen LogP contribution in [0.2, 0.25) is 0 Å². The lowest BCUT2D eigenvalue weighted by Gasteiger charge is -2.24. The molecule has 0 bridgehead atoms. The van der Waals surface area contributed by atoms with Crippen molar-refractivity contribution in [2.24, 2.45) is 5.92 Å². The second-order valence-corrected chi connectivity index (χ2v) is 4.97. The zero-order valence-corrected chi connectivity index (χ0v) is 9.88. The highest BCUT2D eigenvalue weighted by atomic mass is 16.2. The van der Waals surface area contributed by atoms with Gasteiger partial charge in [0.15, 0.2) is 0 Å². The predicted molar refractivity (Wildman–Crippen MR) is 63.3 cm³/mol. The summed E-state index contributed by atoms with van der Waals surface area (Å²) in [6.45, 7) is 3.25. The number of fused-ring (bicyclic) bond motifs is 1. The third kappa shape index (κ3) is 2.20. The van der Waals surface area contributed by atoms with Gasteiger partial charge in [-0.05, 0) is 31.4 Å². The lowest BCUT2D eigenvalue weighted by atomic mass is 9.94. The van der Waals surface area contributed by atoms with Crippen LogP contribution in [0.25, 0.3) is 0 Å². The van der Waals surface area contributed by atoms with E-state index in [-0.39, 0.29) is 5.91 Å². The Morgan fingerprint density at radius 1 is 1.47 bits per heavy atom. The summed E-state index contributed by atoms with van der Waals surface area (Å²) in [5.74, 6) is 0.843. The molecule has 5 nitrogen and oxygen atoms in total. The summed E-state index contributed by atoms with van der Waals surface area (Å²) in [5, 5.41) is 7.58. The van der Waals surface area contributed by atoms with E-state index in [1.807, 2.05) is 17.2 Å². The quantitative estimate of drug-likeness (QED) is 0.789. The lowest BCUT2D eigenvalue weighted by molar-refractivity contribution is -0.131. The summed E-state index contributed by atoms with van der Waals surface area (Å²) in [6.07, 6.45) is 6.03. The van der Waals surface area contributed by atoms with Crippen LogP contribution in [-0.2, 0) is 11.3 Å². The summed E-state index contributed by atoms with van der Waals surface area (Å²) in [6, 6.07) is 2.36. The third-order valence-electron chi connectivity index (χ3n) is 3.81. The van der Waals surface area contributed by atoms with Crippen LogP contribution in [-0.4, -0.2) is 46.3 Å². The number of hydrogen-bond donors (Lipinski definition) is 1. The van der Waals surface area contributed by atoms with Crippen molar-refractivity contribution < 1.29 is 4.79 Å². The molecular weight excluding hydrogens is 216 g/mol. The van der Waals surface area contributed by atoms with Crippen molar-refractivity contribution in [2.75, 3.05) is 19.6 Å². The zero-order valence-electron chi connectivity index (χ0n) is 9.88. The molecule has 1 aromatic rings.